The molecule has 1 aliphatic rings. The third-order valence-corrected chi connectivity index (χ3v) is 4.11. The molecule has 2 amide bonds. The second-order valence-corrected chi connectivity index (χ2v) is 5.75. The third kappa shape index (κ3) is 3.66. The second kappa shape index (κ2) is 7.05. The molecule has 2 aromatic rings. The lowest BCUT2D eigenvalue weighted by Gasteiger charge is -2.29. The van der Waals surface area contributed by atoms with Crippen LogP contribution in [0.15, 0.2) is 46.9 Å². The van der Waals surface area contributed by atoms with Gasteiger partial charge in [-0.05, 0) is 43.0 Å². The lowest BCUT2D eigenvalue weighted by molar-refractivity contribution is -0.123. The van der Waals surface area contributed by atoms with Gasteiger partial charge < -0.3 is 15.1 Å². The van der Waals surface area contributed by atoms with Gasteiger partial charge in [-0.25, -0.2) is 0 Å². The summed E-state index contributed by atoms with van der Waals surface area (Å²) < 4.78 is 5.54. The van der Waals surface area contributed by atoms with Crippen molar-refractivity contribution in [2.45, 2.75) is 12.8 Å². The molecule has 5 nitrogen and oxygen atoms in total. The summed E-state index contributed by atoms with van der Waals surface area (Å²) in [7, 11) is 0. The zero-order chi connectivity index (χ0) is 16.9. The van der Waals surface area contributed by atoms with E-state index in [1.165, 1.54) is 0 Å². The molecule has 0 spiro atoms. The summed E-state index contributed by atoms with van der Waals surface area (Å²) in [6, 6.07) is 12.9. The average molecular weight is 322 g/mol. The van der Waals surface area contributed by atoms with Gasteiger partial charge in [-0.15, -0.1) is 0 Å². The molecule has 1 aromatic heterocycles. The number of rotatable bonds is 2. The Balaban J connectivity index is 1.64. The largest absolute Gasteiger partial charge is 0.443 e. The molecule has 1 aromatic carbocycles. The highest BCUT2D eigenvalue weighted by atomic mass is 16.3. The van der Waals surface area contributed by atoms with Gasteiger partial charge in [0.1, 0.15) is 0 Å². The van der Waals surface area contributed by atoms with Crippen LogP contribution >= 0.6 is 0 Å². The van der Waals surface area contributed by atoms with E-state index < -0.39 is 0 Å². The highest BCUT2D eigenvalue weighted by Crippen LogP contribution is 2.19. The van der Waals surface area contributed by atoms with E-state index in [1.54, 1.807) is 17.0 Å². The number of primary amides is 1. The molecule has 0 radical (unpaired) electrons. The predicted molar refractivity (Wildman–Crippen MR) is 89.0 cm³/mol. The van der Waals surface area contributed by atoms with E-state index in [1.807, 2.05) is 30.3 Å². The SMILES string of the molecule is NC(=O)C1CCN(C(=O)c2ccc(C#Cc3ccccc3)o2)CC1. The summed E-state index contributed by atoms with van der Waals surface area (Å²) in [6.07, 6.45) is 1.20. The quantitative estimate of drug-likeness (QED) is 0.859. The van der Waals surface area contributed by atoms with Crippen molar-refractivity contribution in [1.82, 2.24) is 4.90 Å². The van der Waals surface area contributed by atoms with Crippen LogP contribution in [0.5, 0.6) is 0 Å². The van der Waals surface area contributed by atoms with E-state index in [2.05, 4.69) is 11.8 Å². The first-order chi connectivity index (χ1) is 11.6. The van der Waals surface area contributed by atoms with Gasteiger partial charge in [-0.3, -0.25) is 9.59 Å². The molecule has 2 heterocycles. The molecule has 0 atom stereocenters. The number of hydrogen-bond donors (Lipinski definition) is 1. The number of furan rings is 1. The van der Waals surface area contributed by atoms with E-state index in [4.69, 9.17) is 10.2 Å². The number of benzene rings is 1. The highest BCUT2D eigenvalue weighted by Gasteiger charge is 2.27. The summed E-state index contributed by atoms with van der Waals surface area (Å²) in [5, 5.41) is 0. The maximum absolute atomic E-state index is 12.4. The molecule has 0 bridgehead atoms. The minimum atomic E-state index is -0.293. The van der Waals surface area contributed by atoms with E-state index in [-0.39, 0.29) is 23.5 Å². The Hall–Kier alpha value is -3.00. The van der Waals surface area contributed by atoms with Crippen LogP contribution in [0.3, 0.4) is 0 Å². The number of piperidine rings is 1. The lowest BCUT2D eigenvalue weighted by Crippen LogP contribution is -2.41. The number of carbonyl (C=O) groups excluding carboxylic acids is 2. The monoisotopic (exact) mass is 322 g/mol. The van der Waals surface area contributed by atoms with Crippen LogP contribution in [-0.2, 0) is 4.79 Å². The van der Waals surface area contributed by atoms with Gasteiger partial charge in [-0.1, -0.05) is 24.1 Å². The number of hydrogen-bond acceptors (Lipinski definition) is 3. The first-order valence-corrected chi connectivity index (χ1v) is 7.89. The zero-order valence-corrected chi connectivity index (χ0v) is 13.2. The van der Waals surface area contributed by atoms with Crippen LogP contribution in [0.4, 0.5) is 0 Å². The molecule has 1 aliphatic heterocycles. The van der Waals surface area contributed by atoms with Crippen molar-refractivity contribution in [1.29, 1.82) is 0 Å². The molecule has 122 valence electrons. The molecule has 24 heavy (non-hydrogen) atoms. The molecule has 3 rings (SSSR count). The molecule has 1 fully saturated rings. The van der Waals surface area contributed by atoms with Gasteiger partial charge in [0.25, 0.3) is 5.91 Å². The lowest BCUT2D eigenvalue weighted by atomic mass is 9.96. The van der Waals surface area contributed by atoms with Crippen molar-refractivity contribution in [3.63, 3.8) is 0 Å². The Labute approximate surface area is 140 Å². The summed E-state index contributed by atoms with van der Waals surface area (Å²) in [4.78, 5) is 25.3. The van der Waals surface area contributed by atoms with Crippen LogP contribution in [0.2, 0.25) is 0 Å². The van der Waals surface area contributed by atoms with Crippen molar-refractivity contribution < 1.29 is 14.0 Å². The van der Waals surface area contributed by atoms with Crippen LogP contribution in [0.1, 0.15) is 34.7 Å². The fourth-order valence-corrected chi connectivity index (χ4v) is 2.70. The standard InChI is InChI=1S/C19H18N2O3/c20-18(22)15-10-12-21(13-11-15)19(23)17-9-8-16(24-17)7-6-14-4-2-1-3-5-14/h1-5,8-9,15H,10-13H2,(H2,20,22). The zero-order valence-electron chi connectivity index (χ0n) is 13.2. The normalized spacial score (nSPS) is 14.8. The summed E-state index contributed by atoms with van der Waals surface area (Å²) in [5.74, 6) is 6.02. The van der Waals surface area contributed by atoms with Gasteiger partial charge in [-0.2, -0.15) is 0 Å². The van der Waals surface area contributed by atoms with Crippen molar-refractivity contribution in [2.24, 2.45) is 11.7 Å². The first-order valence-electron chi connectivity index (χ1n) is 7.89. The first kappa shape index (κ1) is 15.9. The third-order valence-electron chi connectivity index (χ3n) is 4.11. The van der Waals surface area contributed by atoms with Crippen LogP contribution in [0.25, 0.3) is 0 Å². The predicted octanol–water partition coefficient (Wildman–Crippen LogP) is 2.02. The van der Waals surface area contributed by atoms with Gasteiger partial charge in [0.2, 0.25) is 5.91 Å². The number of nitrogens with two attached hydrogens (primary N) is 1. The Kier molecular flexibility index (Phi) is 4.66. The Morgan fingerprint density at radius 1 is 1.04 bits per heavy atom. The number of likely N-dealkylation sites (tertiary alicyclic amines) is 1. The summed E-state index contributed by atoms with van der Waals surface area (Å²) in [6.45, 7) is 1.02. The molecule has 5 heteroatoms. The molecule has 0 unspecified atom stereocenters. The fourth-order valence-electron chi connectivity index (χ4n) is 2.70. The van der Waals surface area contributed by atoms with Crippen LogP contribution < -0.4 is 5.73 Å². The van der Waals surface area contributed by atoms with Gasteiger partial charge >= 0.3 is 0 Å². The van der Waals surface area contributed by atoms with Gasteiger partial charge in [0, 0.05) is 24.6 Å². The molecular formula is C19H18N2O3. The Bertz CT molecular complexity index is 791. The van der Waals surface area contributed by atoms with Crippen LogP contribution in [-0.4, -0.2) is 29.8 Å². The van der Waals surface area contributed by atoms with Crippen molar-refractivity contribution in [3.8, 4) is 11.8 Å². The molecule has 0 aliphatic carbocycles. The van der Waals surface area contributed by atoms with E-state index in [9.17, 15) is 9.59 Å². The molecule has 0 saturated carbocycles. The fraction of sp³-hybridized carbons (Fsp3) is 0.263. The van der Waals surface area contributed by atoms with Gasteiger partial charge in [0.05, 0.1) is 0 Å². The Morgan fingerprint density at radius 2 is 1.75 bits per heavy atom. The van der Waals surface area contributed by atoms with Crippen molar-refractivity contribution in [3.05, 3.63) is 59.5 Å². The maximum atomic E-state index is 12.4. The smallest absolute Gasteiger partial charge is 0.289 e. The van der Waals surface area contributed by atoms with Crippen molar-refractivity contribution >= 4 is 11.8 Å². The maximum Gasteiger partial charge on any atom is 0.289 e. The van der Waals surface area contributed by atoms with Crippen molar-refractivity contribution in [2.75, 3.05) is 13.1 Å². The molecule has 2 N–H and O–H groups in total. The summed E-state index contributed by atoms with van der Waals surface area (Å²) in [5.41, 5.74) is 6.19. The van der Waals surface area contributed by atoms with E-state index >= 15 is 0 Å². The van der Waals surface area contributed by atoms with E-state index in [0.717, 1.165) is 5.56 Å². The number of amides is 2. The molecular weight excluding hydrogens is 304 g/mol. The summed E-state index contributed by atoms with van der Waals surface area (Å²) >= 11 is 0. The number of nitrogens with zero attached hydrogens (tertiary/aromatic N) is 1. The minimum absolute atomic E-state index is 0.141. The Morgan fingerprint density at radius 3 is 2.42 bits per heavy atom. The second-order valence-electron chi connectivity index (χ2n) is 5.75. The topological polar surface area (TPSA) is 76.5 Å². The van der Waals surface area contributed by atoms with E-state index in [0.29, 0.717) is 31.7 Å². The highest BCUT2D eigenvalue weighted by molar-refractivity contribution is 5.91. The van der Waals surface area contributed by atoms with Crippen LogP contribution in [0, 0.1) is 17.8 Å². The van der Waals surface area contributed by atoms with Gasteiger partial charge in [0.15, 0.2) is 11.5 Å². The number of carbonyl (C=O) groups is 2. The molecule has 1 saturated heterocycles. The average Bonchev–Trinajstić information content (AvgIpc) is 3.09. The minimum Gasteiger partial charge on any atom is -0.443 e.